The number of esters is 1. The van der Waals surface area contributed by atoms with Gasteiger partial charge < -0.3 is 14.8 Å². The molecule has 0 bridgehead atoms. The Morgan fingerprint density at radius 1 is 1.00 bits per heavy atom. The van der Waals surface area contributed by atoms with Crippen molar-refractivity contribution in [1.29, 1.82) is 0 Å². The Balaban J connectivity index is 1.79. The highest BCUT2D eigenvalue weighted by atomic mass is 35.5. The van der Waals surface area contributed by atoms with Crippen molar-refractivity contribution in [2.45, 2.75) is 6.92 Å². The van der Waals surface area contributed by atoms with E-state index in [4.69, 9.17) is 32.7 Å². The van der Waals surface area contributed by atoms with Crippen molar-refractivity contribution in [3.63, 3.8) is 0 Å². The number of hydrogen-bond donors (Lipinski definition) is 1. The molecule has 1 amide bonds. The van der Waals surface area contributed by atoms with Crippen LogP contribution in [-0.4, -0.2) is 25.1 Å². The van der Waals surface area contributed by atoms with Gasteiger partial charge in [0.2, 0.25) is 0 Å². The third kappa shape index (κ3) is 5.15. The molecule has 126 valence electrons. The third-order valence-corrected chi connectivity index (χ3v) is 3.66. The standard InChI is InChI=1S/C17H15Cl2NO4/c1-11-5-2-3-8-14(11)23-10-16(22)24-9-15(21)20-17-12(18)6-4-7-13(17)19/h2-8H,9-10H2,1H3,(H,20,21). The molecule has 2 aromatic rings. The van der Waals surface area contributed by atoms with E-state index in [0.29, 0.717) is 15.8 Å². The predicted molar refractivity (Wildman–Crippen MR) is 92.7 cm³/mol. The van der Waals surface area contributed by atoms with Gasteiger partial charge in [-0.05, 0) is 30.7 Å². The highest BCUT2D eigenvalue weighted by Gasteiger charge is 2.12. The average Bonchev–Trinajstić information content (AvgIpc) is 2.56. The molecule has 0 fully saturated rings. The molecule has 2 aromatic carbocycles. The number of carbonyl (C=O) groups excluding carboxylic acids is 2. The summed E-state index contributed by atoms with van der Waals surface area (Å²) in [5.41, 5.74) is 1.18. The van der Waals surface area contributed by atoms with Crippen molar-refractivity contribution < 1.29 is 19.1 Å². The number of nitrogens with one attached hydrogen (secondary N) is 1. The number of ether oxygens (including phenoxy) is 2. The molecule has 0 aliphatic rings. The number of carbonyl (C=O) groups is 2. The number of benzene rings is 2. The van der Waals surface area contributed by atoms with Gasteiger partial charge in [-0.25, -0.2) is 4.79 Å². The lowest BCUT2D eigenvalue weighted by atomic mass is 10.2. The first-order chi connectivity index (χ1) is 11.5. The van der Waals surface area contributed by atoms with Gasteiger partial charge in [-0.2, -0.15) is 0 Å². The Bertz CT molecular complexity index is 729. The number of hydrogen-bond acceptors (Lipinski definition) is 4. The van der Waals surface area contributed by atoms with Crippen LogP contribution >= 0.6 is 23.2 Å². The molecule has 0 atom stereocenters. The van der Waals surface area contributed by atoms with Crippen molar-refractivity contribution >= 4 is 40.8 Å². The van der Waals surface area contributed by atoms with Crippen LogP contribution in [-0.2, 0) is 14.3 Å². The van der Waals surface area contributed by atoms with Crippen molar-refractivity contribution in [2.24, 2.45) is 0 Å². The number of halogens is 2. The highest BCUT2D eigenvalue weighted by molar-refractivity contribution is 6.39. The second-order valence-electron chi connectivity index (χ2n) is 4.86. The maximum absolute atomic E-state index is 11.8. The largest absolute Gasteiger partial charge is 0.482 e. The van der Waals surface area contributed by atoms with Gasteiger partial charge >= 0.3 is 5.97 Å². The lowest BCUT2D eigenvalue weighted by molar-refractivity contribution is -0.149. The first kappa shape index (κ1) is 18.1. The summed E-state index contributed by atoms with van der Waals surface area (Å²) in [5, 5.41) is 3.09. The topological polar surface area (TPSA) is 64.6 Å². The van der Waals surface area contributed by atoms with Crippen LogP contribution in [0.5, 0.6) is 5.75 Å². The quantitative estimate of drug-likeness (QED) is 0.787. The molecule has 24 heavy (non-hydrogen) atoms. The van der Waals surface area contributed by atoms with E-state index < -0.39 is 18.5 Å². The fraction of sp³-hybridized carbons (Fsp3) is 0.176. The van der Waals surface area contributed by atoms with Gasteiger partial charge in [-0.15, -0.1) is 0 Å². The Hall–Kier alpha value is -2.24. The van der Waals surface area contributed by atoms with Crippen molar-refractivity contribution in [3.05, 3.63) is 58.1 Å². The Labute approximate surface area is 149 Å². The molecular weight excluding hydrogens is 353 g/mol. The molecular formula is C17H15Cl2NO4. The zero-order valence-corrected chi connectivity index (χ0v) is 14.4. The molecule has 0 saturated heterocycles. The van der Waals surface area contributed by atoms with Crippen LogP contribution in [0.15, 0.2) is 42.5 Å². The first-order valence-electron chi connectivity index (χ1n) is 7.05. The molecule has 2 rings (SSSR count). The van der Waals surface area contributed by atoms with Gasteiger partial charge in [0, 0.05) is 0 Å². The summed E-state index contributed by atoms with van der Waals surface area (Å²) in [7, 11) is 0. The van der Waals surface area contributed by atoms with Gasteiger partial charge in [0.05, 0.1) is 15.7 Å². The number of amides is 1. The number of aryl methyl sites for hydroxylation is 1. The van der Waals surface area contributed by atoms with Crippen molar-refractivity contribution in [1.82, 2.24) is 0 Å². The number of para-hydroxylation sites is 2. The van der Waals surface area contributed by atoms with Gasteiger partial charge in [0.25, 0.3) is 5.91 Å². The Morgan fingerprint density at radius 3 is 2.33 bits per heavy atom. The average molecular weight is 368 g/mol. The van der Waals surface area contributed by atoms with E-state index in [-0.39, 0.29) is 12.3 Å². The van der Waals surface area contributed by atoms with Crippen molar-refractivity contribution in [3.8, 4) is 5.75 Å². The van der Waals surface area contributed by atoms with Crippen LogP contribution in [0, 0.1) is 6.92 Å². The lowest BCUT2D eigenvalue weighted by Crippen LogP contribution is -2.24. The summed E-state index contributed by atoms with van der Waals surface area (Å²) in [5.74, 6) is -0.616. The summed E-state index contributed by atoms with van der Waals surface area (Å²) in [6, 6.07) is 12.1. The summed E-state index contributed by atoms with van der Waals surface area (Å²) in [4.78, 5) is 23.4. The summed E-state index contributed by atoms with van der Waals surface area (Å²) in [6.07, 6.45) is 0. The maximum Gasteiger partial charge on any atom is 0.344 e. The van der Waals surface area contributed by atoms with E-state index in [1.165, 1.54) is 0 Å². The zero-order valence-electron chi connectivity index (χ0n) is 12.8. The molecule has 0 heterocycles. The highest BCUT2D eigenvalue weighted by Crippen LogP contribution is 2.29. The van der Waals surface area contributed by atoms with E-state index in [2.05, 4.69) is 5.32 Å². The molecule has 0 aliphatic heterocycles. The second-order valence-corrected chi connectivity index (χ2v) is 5.67. The molecule has 0 radical (unpaired) electrons. The molecule has 0 saturated carbocycles. The van der Waals surface area contributed by atoms with E-state index in [1.807, 2.05) is 19.1 Å². The predicted octanol–water partition coefficient (Wildman–Crippen LogP) is 3.86. The Morgan fingerprint density at radius 2 is 1.67 bits per heavy atom. The smallest absolute Gasteiger partial charge is 0.344 e. The monoisotopic (exact) mass is 367 g/mol. The fourth-order valence-electron chi connectivity index (χ4n) is 1.84. The molecule has 7 heteroatoms. The van der Waals surface area contributed by atoms with Crippen LogP contribution in [0.25, 0.3) is 0 Å². The van der Waals surface area contributed by atoms with Crippen molar-refractivity contribution in [2.75, 3.05) is 18.5 Å². The van der Waals surface area contributed by atoms with Gasteiger partial charge in [-0.1, -0.05) is 47.5 Å². The van der Waals surface area contributed by atoms with Gasteiger partial charge in [-0.3, -0.25) is 4.79 Å². The number of rotatable bonds is 6. The third-order valence-electron chi connectivity index (χ3n) is 3.03. The fourth-order valence-corrected chi connectivity index (χ4v) is 2.33. The van der Waals surface area contributed by atoms with Gasteiger partial charge in [0.15, 0.2) is 13.2 Å². The molecule has 0 unspecified atom stereocenters. The molecule has 0 aliphatic carbocycles. The van der Waals surface area contributed by atoms with E-state index >= 15 is 0 Å². The van der Waals surface area contributed by atoms with E-state index in [9.17, 15) is 9.59 Å². The molecule has 5 nitrogen and oxygen atoms in total. The van der Waals surface area contributed by atoms with E-state index in [1.54, 1.807) is 30.3 Å². The van der Waals surface area contributed by atoms with Crippen LogP contribution in [0.3, 0.4) is 0 Å². The van der Waals surface area contributed by atoms with Crippen LogP contribution in [0.1, 0.15) is 5.56 Å². The molecule has 0 spiro atoms. The minimum atomic E-state index is -0.654. The SMILES string of the molecule is Cc1ccccc1OCC(=O)OCC(=O)Nc1c(Cl)cccc1Cl. The first-order valence-corrected chi connectivity index (χ1v) is 7.81. The van der Waals surface area contributed by atoms with Crippen LogP contribution in [0.2, 0.25) is 10.0 Å². The van der Waals surface area contributed by atoms with Gasteiger partial charge in [0.1, 0.15) is 5.75 Å². The summed E-state index contributed by atoms with van der Waals surface area (Å²) < 4.78 is 10.2. The zero-order chi connectivity index (χ0) is 17.5. The summed E-state index contributed by atoms with van der Waals surface area (Å²) in [6.45, 7) is 1.12. The minimum absolute atomic E-state index is 0.276. The van der Waals surface area contributed by atoms with Crippen LogP contribution < -0.4 is 10.1 Å². The molecule has 0 aromatic heterocycles. The number of anilines is 1. The van der Waals surface area contributed by atoms with Crippen LogP contribution in [0.4, 0.5) is 5.69 Å². The van der Waals surface area contributed by atoms with E-state index in [0.717, 1.165) is 5.56 Å². The molecule has 1 N–H and O–H groups in total. The second kappa shape index (κ2) is 8.57. The normalized spacial score (nSPS) is 10.1. The maximum atomic E-state index is 11.8. The summed E-state index contributed by atoms with van der Waals surface area (Å²) >= 11 is 11.9. The Kier molecular flexibility index (Phi) is 6.46. The minimum Gasteiger partial charge on any atom is -0.482 e. The lowest BCUT2D eigenvalue weighted by Gasteiger charge is -2.10.